The fourth-order valence-corrected chi connectivity index (χ4v) is 5.62. The van der Waals surface area contributed by atoms with Gasteiger partial charge in [0.15, 0.2) is 5.78 Å². The second kappa shape index (κ2) is 10.2. The van der Waals surface area contributed by atoms with Gasteiger partial charge in [-0.25, -0.2) is 0 Å². The van der Waals surface area contributed by atoms with Crippen molar-refractivity contribution in [3.8, 4) is 5.69 Å². The third-order valence-electron chi connectivity index (χ3n) is 7.69. The lowest BCUT2D eigenvalue weighted by atomic mass is 10.0. The minimum Gasteiger partial charge on any atom is -0.369 e. The fourth-order valence-electron chi connectivity index (χ4n) is 5.62. The molecule has 0 radical (unpaired) electrons. The van der Waals surface area contributed by atoms with E-state index in [-0.39, 0.29) is 5.78 Å². The number of aromatic nitrogens is 1. The lowest BCUT2D eigenvalue weighted by Crippen LogP contribution is -2.19. The van der Waals surface area contributed by atoms with Gasteiger partial charge in [0.2, 0.25) is 0 Å². The highest BCUT2D eigenvalue weighted by Crippen LogP contribution is 2.32. The zero-order valence-electron chi connectivity index (χ0n) is 22.1. The largest absolute Gasteiger partial charge is 0.369 e. The van der Waals surface area contributed by atoms with E-state index in [1.54, 1.807) is 0 Å². The highest BCUT2D eigenvalue weighted by Gasteiger charge is 2.13. The third-order valence-corrected chi connectivity index (χ3v) is 7.69. The Bertz CT molecular complexity index is 1840. The maximum absolute atomic E-state index is 12.7. The van der Waals surface area contributed by atoms with Crippen molar-refractivity contribution < 1.29 is 4.79 Å². The molecule has 0 saturated heterocycles. The fraction of sp³-hybridized carbons (Fsp3) is 0.0541. The highest BCUT2D eigenvalue weighted by molar-refractivity contribution is 6.09. The number of hydrogen-bond donors (Lipinski definition) is 0. The van der Waals surface area contributed by atoms with Crippen LogP contribution in [0.5, 0.6) is 0 Å². The predicted molar refractivity (Wildman–Crippen MR) is 165 cm³/mol. The summed E-state index contributed by atoms with van der Waals surface area (Å²) in [6.45, 7) is 1.64. The molecule has 0 amide bonds. The topological polar surface area (TPSA) is 25.2 Å². The summed E-state index contributed by atoms with van der Waals surface area (Å²) in [4.78, 5) is 15.0. The molecule has 0 N–H and O–H groups in total. The monoisotopic (exact) mass is 516 g/mol. The Kier molecular flexibility index (Phi) is 6.10. The molecule has 192 valence electrons. The number of para-hydroxylation sites is 2. The molecule has 0 aliphatic carbocycles. The van der Waals surface area contributed by atoms with Gasteiger partial charge < -0.3 is 9.47 Å². The molecule has 1 aliphatic heterocycles. The Hall–Kier alpha value is -5.15. The van der Waals surface area contributed by atoms with Gasteiger partial charge in [-0.2, -0.15) is 0 Å². The standard InChI is InChI=1S/C37H28N2O/c40-37(30-8-2-1-3-9-30)31-16-14-27(15-17-31)26-38-24-22-29(23-25-38)28-18-20-32(21-19-28)39-35-12-6-4-10-33(35)34-11-5-7-13-36(34)39/h1-24H,25-26H2. The van der Waals surface area contributed by atoms with Crippen LogP contribution in [0.25, 0.3) is 33.1 Å². The van der Waals surface area contributed by atoms with Gasteiger partial charge in [-0.3, -0.25) is 4.79 Å². The number of ketones is 1. The molecule has 2 heterocycles. The van der Waals surface area contributed by atoms with Crippen LogP contribution >= 0.6 is 0 Å². The number of carbonyl (C=O) groups excluding carboxylic acids is 1. The molecule has 1 aromatic heterocycles. The van der Waals surface area contributed by atoms with Gasteiger partial charge in [0.05, 0.1) is 11.0 Å². The predicted octanol–water partition coefficient (Wildman–Crippen LogP) is 8.43. The number of hydrogen-bond acceptors (Lipinski definition) is 2. The summed E-state index contributed by atoms with van der Waals surface area (Å²) in [7, 11) is 0. The number of rotatable bonds is 6. The van der Waals surface area contributed by atoms with Crippen molar-refractivity contribution >= 4 is 33.2 Å². The van der Waals surface area contributed by atoms with E-state index in [9.17, 15) is 4.79 Å². The molecule has 1 aliphatic rings. The van der Waals surface area contributed by atoms with Gasteiger partial charge in [0.1, 0.15) is 0 Å². The number of fused-ring (bicyclic) bond motifs is 3. The molecule has 6 aromatic rings. The van der Waals surface area contributed by atoms with E-state index in [0.29, 0.717) is 0 Å². The first-order valence-electron chi connectivity index (χ1n) is 13.6. The van der Waals surface area contributed by atoms with E-state index in [1.807, 2.05) is 42.5 Å². The van der Waals surface area contributed by atoms with Gasteiger partial charge in [0.25, 0.3) is 0 Å². The molecule has 0 bridgehead atoms. The van der Waals surface area contributed by atoms with Gasteiger partial charge in [-0.15, -0.1) is 0 Å². The van der Waals surface area contributed by atoms with Crippen LogP contribution in [0, 0.1) is 0 Å². The van der Waals surface area contributed by atoms with Gasteiger partial charge in [0, 0.05) is 46.9 Å². The van der Waals surface area contributed by atoms with E-state index < -0.39 is 0 Å². The Balaban J connectivity index is 1.05. The van der Waals surface area contributed by atoms with Crippen LogP contribution in [-0.2, 0) is 6.54 Å². The molecule has 3 heteroatoms. The summed E-state index contributed by atoms with van der Waals surface area (Å²) < 4.78 is 2.35. The average molecular weight is 517 g/mol. The summed E-state index contributed by atoms with van der Waals surface area (Å²) in [5.41, 5.74) is 8.67. The van der Waals surface area contributed by atoms with Gasteiger partial charge in [-0.05, 0) is 47.0 Å². The third kappa shape index (κ3) is 4.42. The molecule has 0 saturated carbocycles. The van der Waals surface area contributed by atoms with Crippen LogP contribution in [-0.4, -0.2) is 21.8 Å². The first kappa shape index (κ1) is 23.9. The minimum absolute atomic E-state index is 0.0572. The second-order valence-electron chi connectivity index (χ2n) is 10.2. The van der Waals surface area contributed by atoms with Crippen molar-refractivity contribution in [2.24, 2.45) is 0 Å². The summed E-state index contributed by atoms with van der Waals surface area (Å²) in [5, 5.41) is 2.55. The maximum Gasteiger partial charge on any atom is 0.193 e. The average Bonchev–Trinajstić information content (AvgIpc) is 3.36. The van der Waals surface area contributed by atoms with Crippen molar-refractivity contribution in [3.63, 3.8) is 0 Å². The van der Waals surface area contributed by atoms with E-state index in [1.165, 1.54) is 38.5 Å². The van der Waals surface area contributed by atoms with Crippen LogP contribution in [0.4, 0.5) is 0 Å². The Morgan fingerprint density at radius 2 is 1.23 bits per heavy atom. The Labute approximate surface area is 233 Å². The molecule has 0 unspecified atom stereocenters. The number of carbonyl (C=O) groups is 1. The van der Waals surface area contributed by atoms with E-state index in [4.69, 9.17) is 0 Å². The Morgan fingerprint density at radius 3 is 1.85 bits per heavy atom. The lowest BCUT2D eigenvalue weighted by molar-refractivity contribution is 0.103. The first-order chi connectivity index (χ1) is 19.7. The molecule has 0 spiro atoms. The van der Waals surface area contributed by atoms with Crippen molar-refractivity contribution in [2.45, 2.75) is 6.54 Å². The van der Waals surface area contributed by atoms with Crippen LogP contribution in [0.15, 0.2) is 146 Å². The molecule has 5 aromatic carbocycles. The molecular formula is C37H28N2O. The van der Waals surface area contributed by atoms with Crippen LogP contribution in [0.2, 0.25) is 0 Å². The number of benzene rings is 5. The highest BCUT2D eigenvalue weighted by atomic mass is 16.1. The molecule has 0 fully saturated rings. The van der Waals surface area contributed by atoms with Crippen molar-refractivity contribution in [1.82, 2.24) is 9.47 Å². The van der Waals surface area contributed by atoms with Crippen molar-refractivity contribution in [3.05, 3.63) is 168 Å². The zero-order chi connectivity index (χ0) is 26.9. The summed E-state index contributed by atoms with van der Waals surface area (Å²) in [6.07, 6.45) is 6.63. The van der Waals surface area contributed by atoms with Crippen molar-refractivity contribution in [1.29, 1.82) is 0 Å². The lowest BCUT2D eigenvalue weighted by Gasteiger charge is -2.23. The normalized spacial score (nSPS) is 13.1. The smallest absolute Gasteiger partial charge is 0.193 e. The summed E-state index contributed by atoms with van der Waals surface area (Å²) in [5.74, 6) is 0.0572. The number of nitrogens with zero attached hydrogens (tertiary/aromatic N) is 2. The van der Waals surface area contributed by atoms with E-state index >= 15 is 0 Å². The van der Waals surface area contributed by atoms with Crippen LogP contribution in [0.3, 0.4) is 0 Å². The quantitative estimate of drug-likeness (QED) is 0.208. The number of allylic oxidation sites excluding steroid dienone is 2. The molecule has 7 rings (SSSR count). The second-order valence-corrected chi connectivity index (χ2v) is 10.2. The van der Waals surface area contributed by atoms with E-state index in [2.05, 4.69) is 113 Å². The minimum atomic E-state index is 0.0572. The summed E-state index contributed by atoms with van der Waals surface area (Å²) in [6, 6.07) is 43.5. The van der Waals surface area contributed by atoms with E-state index in [0.717, 1.165) is 29.9 Å². The zero-order valence-corrected chi connectivity index (χ0v) is 22.1. The van der Waals surface area contributed by atoms with Crippen LogP contribution < -0.4 is 0 Å². The molecule has 40 heavy (non-hydrogen) atoms. The molecular weight excluding hydrogens is 488 g/mol. The Morgan fingerprint density at radius 1 is 0.625 bits per heavy atom. The van der Waals surface area contributed by atoms with Gasteiger partial charge >= 0.3 is 0 Å². The van der Waals surface area contributed by atoms with Crippen LogP contribution in [0.1, 0.15) is 27.0 Å². The van der Waals surface area contributed by atoms with Crippen molar-refractivity contribution in [2.75, 3.05) is 6.54 Å². The summed E-state index contributed by atoms with van der Waals surface area (Å²) >= 11 is 0. The first-order valence-corrected chi connectivity index (χ1v) is 13.6. The molecule has 0 atom stereocenters. The van der Waals surface area contributed by atoms with Gasteiger partial charge in [-0.1, -0.05) is 109 Å². The maximum atomic E-state index is 12.7. The molecule has 3 nitrogen and oxygen atoms in total. The SMILES string of the molecule is O=C(c1ccccc1)c1ccc(CN2C=CC(c3ccc(-n4c5ccccc5c5ccccc54)cc3)=CC2)cc1.